The van der Waals surface area contributed by atoms with Crippen LogP contribution in [0, 0.1) is 6.92 Å². The molecule has 3 heterocycles. The van der Waals surface area contributed by atoms with Gasteiger partial charge in [-0.15, -0.1) is 10.2 Å². The second-order valence-corrected chi connectivity index (χ2v) is 10.3. The van der Waals surface area contributed by atoms with Gasteiger partial charge in [0.15, 0.2) is 5.82 Å². The number of methoxy groups -OCH3 is 4. The van der Waals surface area contributed by atoms with E-state index < -0.39 is 21.4 Å². The maximum Gasteiger partial charge on any atom is 0.243 e. The van der Waals surface area contributed by atoms with Gasteiger partial charge in [-0.25, -0.2) is 13.4 Å². The molecular formula is C24H28N8O6S. The lowest BCUT2D eigenvalue weighted by Crippen LogP contribution is -2.33. The van der Waals surface area contributed by atoms with E-state index in [4.69, 9.17) is 18.9 Å². The average molecular weight is 557 g/mol. The Kier molecular flexibility index (Phi) is 8.21. The van der Waals surface area contributed by atoms with Crippen LogP contribution >= 0.6 is 0 Å². The highest BCUT2D eigenvalue weighted by Gasteiger charge is 2.34. The summed E-state index contributed by atoms with van der Waals surface area (Å²) in [6.07, 6.45) is 4.98. The van der Waals surface area contributed by atoms with Crippen LogP contribution in [0.2, 0.25) is 0 Å². The molecule has 0 unspecified atom stereocenters. The molecule has 0 bridgehead atoms. The number of ether oxygens (including phenoxy) is 4. The van der Waals surface area contributed by atoms with Crippen molar-refractivity contribution in [2.24, 2.45) is 0 Å². The molecule has 1 aromatic carbocycles. The predicted octanol–water partition coefficient (Wildman–Crippen LogP) is 2.37. The van der Waals surface area contributed by atoms with Gasteiger partial charge < -0.3 is 18.9 Å². The Morgan fingerprint density at radius 1 is 0.923 bits per heavy atom. The molecule has 0 aliphatic carbocycles. The summed E-state index contributed by atoms with van der Waals surface area (Å²) in [5.41, 5.74) is 1.65. The standard InChI is InChI=1S/C24H28N8O6S/c1-14-10-27-16(12-26-14)22(38-6)15(2)39(33,34)31-24-30-29-23(17-11-25-13-20(28-17)37-5)32(24)21-18(35-3)8-7-9-19(21)36-4/h7-13,15,22H,1-6H3,(H,30,31)/t15-,22-/m0/s1. The van der Waals surface area contributed by atoms with Gasteiger partial charge in [-0.3, -0.25) is 24.2 Å². The van der Waals surface area contributed by atoms with Crippen LogP contribution < -0.4 is 18.9 Å². The van der Waals surface area contributed by atoms with E-state index in [2.05, 4.69) is 34.9 Å². The zero-order valence-corrected chi connectivity index (χ0v) is 23.0. The molecule has 206 valence electrons. The van der Waals surface area contributed by atoms with Crippen LogP contribution in [0.5, 0.6) is 17.4 Å². The molecule has 15 heteroatoms. The third-order valence-corrected chi connectivity index (χ3v) is 7.53. The molecule has 0 amide bonds. The molecule has 39 heavy (non-hydrogen) atoms. The van der Waals surface area contributed by atoms with Crippen molar-refractivity contribution in [2.45, 2.75) is 25.2 Å². The van der Waals surface area contributed by atoms with Crippen molar-refractivity contribution < 1.29 is 27.4 Å². The minimum Gasteiger partial charge on any atom is -0.494 e. The monoisotopic (exact) mass is 556 g/mol. The molecule has 0 aliphatic rings. The Bertz CT molecular complexity index is 1520. The van der Waals surface area contributed by atoms with Crippen LogP contribution in [0.3, 0.4) is 0 Å². The second-order valence-electron chi connectivity index (χ2n) is 8.23. The van der Waals surface area contributed by atoms with Gasteiger partial charge in [-0.05, 0) is 26.0 Å². The highest BCUT2D eigenvalue weighted by molar-refractivity contribution is 7.93. The van der Waals surface area contributed by atoms with Gasteiger partial charge in [0.2, 0.25) is 21.9 Å². The van der Waals surface area contributed by atoms with Gasteiger partial charge in [-0.1, -0.05) is 6.07 Å². The number of anilines is 1. The summed E-state index contributed by atoms with van der Waals surface area (Å²) in [6, 6.07) is 5.11. The van der Waals surface area contributed by atoms with Crippen molar-refractivity contribution in [3.63, 3.8) is 0 Å². The topological polar surface area (TPSA) is 165 Å². The van der Waals surface area contributed by atoms with Crippen molar-refractivity contribution in [3.8, 4) is 34.6 Å². The van der Waals surface area contributed by atoms with Crippen LogP contribution in [0.15, 0.2) is 43.0 Å². The predicted molar refractivity (Wildman–Crippen MR) is 141 cm³/mol. The summed E-state index contributed by atoms with van der Waals surface area (Å²) in [5, 5.41) is 7.27. The van der Waals surface area contributed by atoms with E-state index in [-0.39, 0.29) is 23.3 Å². The maximum atomic E-state index is 13.6. The summed E-state index contributed by atoms with van der Waals surface area (Å²) in [4.78, 5) is 17.0. The van der Waals surface area contributed by atoms with Crippen molar-refractivity contribution in [1.82, 2.24) is 34.7 Å². The van der Waals surface area contributed by atoms with E-state index in [1.54, 1.807) is 31.3 Å². The van der Waals surface area contributed by atoms with Crippen molar-refractivity contribution >= 4 is 16.0 Å². The lowest BCUT2D eigenvalue weighted by Gasteiger charge is -2.23. The molecule has 2 atom stereocenters. The largest absolute Gasteiger partial charge is 0.494 e. The molecule has 14 nitrogen and oxygen atoms in total. The van der Waals surface area contributed by atoms with Crippen molar-refractivity contribution in [2.75, 3.05) is 33.2 Å². The number of hydrogen-bond donors (Lipinski definition) is 1. The molecule has 3 aromatic heterocycles. The number of aromatic nitrogens is 7. The number of sulfonamides is 1. The molecule has 0 aliphatic heterocycles. The minimum absolute atomic E-state index is 0.144. The van der Waals surface area contributed by atoms with E-state index in [0.717, 1.165) is 0 Å². The van der Waals surface area contributed by atoms with Gasteiger partial charge in [0, 0.05) is 13.3 Å². The Balaban J connectivity index is 1.85. The first-order valence-corrected chi connectivity index (χ1v) is 13.1. The number of para-hydroxylation sites is 1. The quantitative estimate of drug-likeness (QED) is 0.287. The summed E-state index contributed by atoms with van der Waals surface area (Å²) in [5.74, 6) is 0.970. The first-order valence-electron chi connectivity index (χ1n) is 11.6. The van der Waals surface area contributed by atoms with Gasteiger partial charge in [0.25, 0.3) is 0 Å². The van der Waals surface area contributed by atoms with Crippen LogP contribution in [0.4, 0.5) is 5.95 Å². The molecule has 4 rings (SSSR count). The van der Waals surface area contributed by atoms with E-state index in [0.29, 0.717) is 28.6 Å². The highest BCUT2D eigenvalue weighted by atomic mass is 32.2. The third-order valence-electron chi connectivity index (χ3n) is 5.83. The highest BCUT2D eigenvalue weighted by Crippen LogP contribution is 2.38. The molecular weight excluding hydrogens is 528 g/mol. The number of hydrogen-bond acceptors (Lipinski definition) is 12. The van der Waals surface area contributed by atoms with Gasteiger partial charge in [0.05, 0.1) is 51.3 Å². The van der Waals surface area contributed by atoms with Crippen LogP contribution in [-0.2, 0) is 14.8 Å². The summed E-state index contributed by atoms with van der Waals surface area (Å²) < 4.78 is 53.1. The normalized spacial score (nSPS) is 13.0. The molecule has 4 aromatic rings. The Morgan fingerprint density at radius 2 is 1.64 bits per heavy atom. The fourth-order valence-electron chi connectivity index (χ4n) is 3.82. The van der Waals surface area contributed by atoms with E-state index in [1.165, 1.54) is 58.5 Å². The molecule has 0 radical (unpaired) electrons. The fraction of sp³-hybridized carbons (Fsp3) is 0.333. The first kappa shape index (κ1) is 27.7. The lowest BCUT2D eigenvalue weighted by molar-refractivity contribution is 0.0985. The number of aryl methyl sites for hydroxylation is 1. The average Bonchev–Trinajstić information content (AvgIpc) is 3.35. The molecule has 0 saturated heterocycles. The van der Waals surface area contributed by atoms with Crippen molar-refractivity contribution in [1.29, 1.82) is 0 Å². The minimum atomic E-state index is -4.14. The fourth-order valence-corrected chi connectivity index (χ4v) is 4.97. The summed E-state index contributed by atoms with van der Waals surface area (Å²) in [6.45, 7) is 3.28. The number of benzene rings is 1. The van der Waals surface area contributed by atoms with E-state index in [1.807, 2.05) is 0 Å². The smallest absolute Gasteiger partial charge is 0.243 e. The zero-order valence-electron chi connectivity index (χ0n) is 22.2. The van der Waals surface area contributed by atoms with E-state index >= 15 is 0 Å². The number of rotatable bonds is 11. The Hall–Kier alpha value is -4.37. The summed E-state index contributed by atoms with van der Waals surface area (Å²) in [7, 11) is 1.67. The Morgan fingerprint density at radius 3 is 2.23 bits per heavy atom. The lowest BCUT2D eigenvalue weighted by atomic mass is 10.2. The van der Waals surface area contributed by atoms with E-state index in [9.17, 15) is 8.42 Å². The third kappa shape index (κ3) is 5.58. The SMILES string of the molecule is COc1cncc(-c2nnc(NS(=O)(=O)[C@@H](C)[C@H](OC)c3cnc(C)cn3)n2-c2c(OC)cccc2OC)n1. The van der Waals surface area contributed by atoms with Crippen molar-refractivity contribution in [3.05, 3.63) is 54.4 Å². The van der Waals surface area contributed by atoms with Crippen LogP contribution in [0.25, 0.3) is 17.2 Å². The van der Waals surface area contributed by atoms with Gasteiger partial charge >= 0.3 is 0 Å². The Labute approximate surface area is 225 Å². The second kappa shape index (κ2) is 11.6. The van der Waals surface area contributed by atoms with Gasteiger partial charge in [0.1, 0.15) is 34.2 Å². The number of nitrogens with zero attached hydrogens (tertiary/aromatic N) is 7. The van der Waals surface area contributed by atoms with Crippen LogP contribution in [0.1, 0.15) is 24.4 Å². The van der Waals surface area contributed by atoms with Crippen LogP contribution in [-0.4, -0.2) is 76.8 Å². The zero-order chi connectivity index (χ0) is 28.2. The summed E-state index contributed by atoms with van der Waals surface area (Å²) >= 11 is 0. The van der Waals surface area contributed by atoms with Gasteiger partial charge in [-0.2, -0.15) is 0 Å². The number of nitrogens with one attached hydrogen (secondary N) is 1. The molecule has 0 spiro atoms. The molecule has 0 saturated carbocycles. The maximum absolute atomic E-state index is 13.6. The first-order chi connectivity index (χ1) is 18.7. The molecule has 0 fully saturated rings. The molecule has 1 N–H and O–H groups in total.